The average molecular weight is 288 g/mol. The Morgan fingerprint density at radius 3 is 2.86 bits per heavy atom. The number of nitrogens with one attached hydrogen (secondary N) is 2. The molecule has 0 unspecified atom stereocenters. The molecule has 0 radical (unpaired) electrons. The molecule has 3 rings (SSSR count). The van der Waals surface area contributed by atoms with Gasteiger partial charge < -0.3 is 15.4 Å². The number of aryl methyl sites for hydroxylation is 2. The van der Waals surface area contributed by atoms with Crippen molar-refractivity contribution in [3.8, 4) is 0 Å². The summed E-state index contributed by atoms with van der Waals surface area (Å²) in [6.07, 6.45) is 6.63. The molecule has 6 heteroatoms. The molecule has 6 nitrogen and oxygen atoms in total. The first-order valence-electron chi connectivity index (χ1n) is 7.16. The third-order valence-electron chi connectivity index (χ3n) is 4.19. The Morgan fingerprint density at radius 2 is 2.33 bits per heavy atom. The van der Waals surface area contributed by atoms with Crippen molar-refractivity contribution < 1.29 is 9.90 Å². The van der Waals surface area contributed by atoms with Crippen LogP contribution in [0.5, 0.6) is 0 Å². The van der Waals surface area contributed by atoms with Gasteiger partial charge in [-0.1, -0.05) is 0 Å². The van der Waals surface area contributed by atoms with E-state index in [0.29, 0.717) is 18.4 Å². The van der Waals surface area contributed by atoms with E-state index in [0.717, 1.165) is 11.3 Å². The van der Waals surface area contributed by atoms with Gasteiger partial charge >= 0.3 is 0 Å². The lowest BCUT2D eigenvalue weighted by Gasteiger charge is -2.37. The highest BCUT2D eigenvalue weighted by Crippen LogP contribution is 2.38. The minimum Gasteiger partial charge on any atom is -0.393 e. The fourth-order valence-electron chi connectivity index (χ4n) is 2.89. The van der Waals surface area contributed by atoms with Crippen molar-refractivity contribution in [2.24, 2.45) is 13.0 Å². The Hall–Kier alpha value is -2.08. The molecule has 0 bridgehead atoms. The molecule has 2 aromatic rings. The number of hydrogen-bond acceptors (Lipinski definition) is 3. The van der Waals surface area contributed by atoms with Gasteiger partial charge in [0.05, 0.1) is 23.9 Å². The Balaban J connectivity index is 1.79. The van der Waals surface area contributed by atoms with Crippen molar-refractivity contribution in [2.75, 3.05) is 0 Å². The van der Waals surface area contributed by atoms with E-state index in [9.17, 15) is 9.90 Å². The van der Waals surface area contributed by atoms with Crippen LogP contribution in [0, 0.1) is 12.8 Å². The summed E-state index contributed by atoms with van der Waals surface area (Å²) in [7, 11) is 1.86. The predicted octanol–water partition coefficient (Wildman–Crippen LogP) is 1.30. The number of hydrogen-bond donors (Lipinski definition) is 3. The predicted molar refractivity (Wildman–Crippen MR) is 77.7 cm³/mol. The van der Waals surface area contributed by atoms with Crippen LogP contribution in [0.2, 0.25) is 0 Å². The standard InChI is InChI=1S/C15H20N4O2/c1-9-13(3-4-16-9)15(21)18-14(10-5-12(20)6-10)11-7-17-19(2)8-11/h3-4,7-8,10,12,14,16,20H,5-6H2,1-2H3,(H,18,21)/t10?,12?,14-/m1/s1. The second kappa shape index (κ2) is 5.37. The number of aromatic nitrogens is 3. The molecule has 1 atom stereocenters. The second-order valence-electron chi connectivity index (χ2n) is 5.80. The van der Waals surface area contributed by atoms with Crippen LogP contribution in [-0.2, 0) is 7.05 Å². The van der Waals surface area contributed by atoms with E-state index in [1.807, 2.05) is 20.2 Å². The van der Waals surface area contributed by atoms with Crippen LogP contribution in [-0.4, -0.2) is 31.9 Å². The molecule has 1 saturated carbocycles. The molecule has 1 amide bonds. The van der Waals surface area contributed by atoms with Crippen molar-refractivity contribution >= 4 is 5.91 Å². The van der Waals surface area contributed by atoms with Crippen molar-refractivity contribution in [1.82, 2.24) is 20.1 Å². The number of aliphatic hydroxyl groups is 1. The molecule has 0 saturated heterocycles. The monoisotopic (exact) mass is 288 g/mol. The molecular formula is C15H20N4O2. The number of amides is 1. The highest BCUT2D eigenvalue weighted by molar-refractivity contribution is 5.95. The number of carbonyl (C=O) groups excluding carboxylic acids is 1. The second-order valence-corrected chi connectivity index (χ2v) is 5.80. The van der Waals surface area contributed by atoms with Gasteiger partial charge in [0.1, 0.15) is 0 Å². The van der Waals surface area contributed by atoms with E-state index in [-0.39, 0.29) is 24.0 Å². The summed E-state index contributed by atoms with van der Waals surface area (Å²) >= 11 is 0. The van der Waals surface area contributed by atoms with E-state index >= 15 is 0 Å². The van der Waals surface area contributed by atoms with Gasteiger partial charge in [-0.15, -0.1) is 0 Å². The van der Waals surface area contributed by atoms with Crippen LogP contribution < -0.4 is 5.32 Å². The largest absolute Gasteiger partial charge is 0.393 e. The topological polar surface area (TPSA) is 82.9 Å². The van der Waals surface area contributed by atoms with Gasteiger partial charge in [0, 0.05) is 30.7 Å². The molecule has 21 heavy (non-hydrogen) atoms. The highest BCUT2D eigenvalue weighted by Gasteiger charge is 2.36. The van der Waals surface area contributed by atoms with Crippen molar-refractivity contribution in [1.29, 1.82) is 0 Å². The van der Waals surface area contributed by atoms with Gasteiger partial charge in [0.25, 0.3) is 5.91 Å². The molecule has 0 aromatic carbocycles. The molecule has 112 valence electrons. The number of rotatable bonds is 4. The molecule has 2 heterocycles. The highest BCUT2D eigenvalue weighted by atomic mass is 16.3. The third kappa shape index (κ3) is 2.71. The lowest BCUT2D eigenvalue weighted by Crippen LogP contribution is -2.41. The van der Waals surface area contributed by atoms with Crippen LogP contribution in [0.25, 0.3) is 0 Å². The van der Waals surface area contributed by atoms with Gasteiger partial charge in [-0.2, -0.15) is 5.10 Å². The number of carbonyl (C=O) groups is 1. The van der Waals surface area contributed by atoms with Gasteiger partial charge in [-0.05, 0) is 31.7 Å². The van der Waals surface area contributed by atoms with E-state index in [2.05, 4.69) is 15.4 Å². The quantitative estimate of drug-likeness (QED) is 0.793. The molecule has 2 aromatic heterocycles. The molecule has 1 aliphatic carbocycles. The van der Waals surface area contributed by atoms with E-state index in [4.69, 9.17) is 0 Å². The molecule has 0 spiro atoms. The smallest absolute Gasteiger partial charge is 0.253 e. The Morgan fingerprint density at radius 1 is 1.57 bits per heavy atom. The van der Waals surface area contributed by atoms with Crippen molar-refractivity contribution in [2.45, 2.75) is 31.9 Å². The third-order valence-corrected chi connectivity index (χ3v) is 4.19. The molecule has 1 fully saturated rings. The Kier molecular flexibility index (Phi) is 3.55. The summed E-state index contributed by atoms with van der Waals surface area (Å²) < 4.78 is 1.73. The maximum Gasteiger partial charge on any atom is 0.253 e. The van der Waals surface area contributed by atoms with Gasteiger partial charge in [-0.25, -0.2) is 0 Å². The fourth-order valence-corrected chi connectivity index (χ4v) is 2.89. The number of aromatic amines is 1. The summed E-state index contributed by atoms with van der Waals surface area (Å²) in [6.45, 7) is 1.88. The van der Waals surface area contributed by atoms with Crippen LogP contribution >= 0.6 is 0 Å². The fraction of sp³-hybridized carbons (Fsp3) is 0.467. The zero-order valence-electron chi connectivity index (χ0n) is 12.2. The van der Waals surface area contributed by atoms with Gasteiger partial charge in [0.15, 0.2) is 0 Å². The van der Waals surface area contributed by atoms with E-state index in [1.54, 1.807) is 23.1 Å². The first-order chi connectivity index (χ1) is 10.0. The first-order valence-corrected chi connectivity index (χ1v) is 7.16. The maximum atomic E-state index is 12.4. The molecule has 0 aliphatic heterocycles. The molecule has 3 N–H and O–H groups in total. The first kappa shape index (κ1) is 13.9. The number of aliphatic hydroxyl groups excluding tert-OH is 1. The van der Waals surface area contributed by atoms with Crippen LogP contribution in [0.15, 0.2) is 24.7 Å². The Labute approximate surface area is 123 Å². The van der Waals surface area contributed by atoms with E-state index in [1.165, 1.54) is 0 Å². The summed E-state index contributed by atoms with van der Waals surface area (Å²) in [6, 6.07) is 1.67. The normalized spacial score (nSPS) is 22.6. The lowest BCUT2D eigenvalue weighted by atomic mass is 9.75. The van der Waals surface area contributed by atoms with Gasteiger partial charge in [-0.3, -0.25) is 9.48 Å². The number of H-pyrrole nitrogens is 1. The minimum atomic E-state index is -0.250. The SMILES string of the molecule is Cc1[nH]ccc1C(=O)N[C@@H](c1cnn(C)c1)C1CC(O)C1. The summed E-state index contributed by atoms with van der Waals surface area (Å²) in [5.41, 5.74) is 2.49. The lowest BCUT2D eigenvalue weighted by molar-refractivity contribution is 0.0235. The Bertz CT molecular complexity index is 640. The van der Waals surface area contributed by atoms with Crippen LogP contribution in [0.4, 0.5) is 0 Å². The average Bonchev–Trinajstić information content (AvgIpc) is 3.01. The van der Waals surface area contributed by atoms with E-state index < -0.39 is 0 Å². The summed E-state index contributed by atoms with van der Waals surface area (Å²) in [4.78, 5) is 15.4. The molecular weight excluding hydrogens is 268 g/mol. The summed E-state index contributed by atoms with van der Waals surface area (Å²) in [5.74, 6) is 0.163. The minimum absolute atomic E-state index is 0.0935. The van der Waals surface area contributed by atoms with Crippen LogP contribution in [0.1, 0.15) is 40.5 Å². The number of nitrogens with zero attached hydrogens (tertiary/aromatic N) is 2. The van der Waals surface area contributed by atoms with Crippen molar-refractivity contribution in [3.63, 3.8) is 0 Å². The van der Waals surface area contributed by atoms with Gasteiger partial charge in [0.2, 0.25) is 0 Å². The molecule has 1 aliphatic rings. The zero-order valence-corrected chi connectivity index (χ0v) is 12.2. The maximum absolute atomic E-state index is 12.4. The summed E-state index contributed by atoms with van der Waals surface area (Å²) in [5, 5.41) is 16.8. The van der Waals surface area contributed by atoms with Crippen molar-refractivity contribution in [3.05, 3.63) is 41.5 Å². The van der Waals surface area contributed by atoms with Crippen LogP contribution in [0.3, 0.4) is 0 Å². The zero-order chi connectivity index (χ0) is 15.0.